The number of imide groups is 1. The summed E-state index contributed by atoms with van der Waals surface area (Å²) in [6.07, 6.45) is 0.600. The summed E-state index contributed by atoms with van der Waals surface area (Å²) < 4.78 is 0. The fourth-order valence-electron chi connectivity index (χ4n) is 3.77. The van der Waals surface area contributed by atoms with Crippen molar-refractivity contribution in [1.29, 1.82) is 0 Å². The Morgan fingerprint density at radius 3 is 2.26 bits per heavy atom. The second kappa shape index (κ2) is 8.97. The molecule has 2 N–H and O–H groups in total. The average Bonchev–Trinajstić information content (AvgIpc) is 2.66. The van der Waals surface area contributed by atoms with Gasteiger partial charge in [-0.25, -0.2) is 0 Å². The molecule has 1 saturated heterocycles. The van der Waals surface area contributed by atoms with Gasteiger partial charge in [0.05, 0.1) is 11.3 Å². The lowest BCUT2D eigenvalue weighted by Gasteiger charge is -2.25. The first kappa shape index (κ1) is 23.2. The second-order valence-electron chi connectivity index (χ2n) is 8.42. The van der Waals surface area contributed by atoms with Crippen molar-refractivity contribution < 1.29 is 14.4 Å². The maximum absolute atomic E-state index is 12.9. The van der Waals surface area contributed by atoms with Gasteiger partial charge in [-0.15, -0.1) is 0 Å². The number of aromatic nitrogens is 1. The molecule has 8 heteroatoms. The van der Waals surface area contributed by atoms with Crippen molar-refractivity contribution in [1.82, 2.24) is 15.6 Å². The maximum atomic E-state index is 12.9. The van der Waals surface area contributed by atoms with Crippen LogP contribution in [-0.2, 0) is 26.3 Å². The van der Waals surface area contributed by atoms with Gasteiger partial charge in [0.1, 0.15) is 0 Å². The van der Waals surface area contributed by atoms with Crippen molar-refractivity contribution in [2.24, 2.45) is 0 Å². The van der Waals surface area contributed by atoms with Crippen LogP contribution in [0.4, 0.5) is 0 Å². The van der Waals surface area contributed by atoms with Crippen molar-refractivity contribution in [2.45, 2.75) is 58.4 Å². The van der Waals surface area contributed by atoms with Crippen LogP contribution in [0.5, 0.6) is 0 Å². The minimum atomic E-state index is -0.751. The summed E-state index contributed by atoms with van der Waals surface area (Å²) in [4.78, 5) is 40.9. The largest absolute Gasteiger partial charge is 0.351 e. The Bertz CT molecular complexity index is 1020. The van der Waals surface area contributed by atoms with Crippen molar-refractivity contribution in [3.8, 4) is 0 Å². The molecule has 0 radical (unpaired) electrons. The van der Waals surface area contributed by atoms with Gasteiger partial charge in [0.25, 0.3) is 0 Å². The quantitative estimate of drug-likeness (QED) is 0.655. The number of hydrogen-bond donors (Lipinski definition) is 2. The Morgan fingerprint density at radius 2 is 1.71 bits per heavy atom. The third-order valence-corrected chi connectivity index (χ3v) is 6.18. The number of carbonyl (C=O) groups is 3. The molecule has 0 spiro atoms. The highest BCUT2D eigenvalue weighted by Gasteiger charge is 2.32. The van der Waals surface area contributed by atoms with Crippen LogP contribution in [0, 0.1) is 13.8 Å². The van der Waals surface area contributed by atoms with Gasteiger partial charge in [0, 0.05) is 40.0 Å². The van der Waals surface area contributed by atoms with E-state index in [9.17, 15) is 14.4 Å². The van der Waals surface area contributed by atoms with Crippen LogP contribution < -0.4 is 10.6 Å². The molecular weight excluding hydrogens is 437 g/mol. The Morgan fingerprint density at radius 1 is 1.13 bits per heavy atom. The van der Waals surface area contributed by atoms with Gasteiger partial charge in [0.2, 0.25) is 17.7 Å². The van der Waals surface area contributed by atoms with E-state index in [0.717, 1.165) is 22.5 Å². The van der Waals surface area contributed by atoms with Gasteiger partial charge >= 0.3 is 0 Å². The van der Waals surface area contributed by atoms with Crippen LogP contribution in [0.3, 0.4) is 0 Å². The number of nitrogens with one attached hydrogen (secondary N) is 2. The molecule has 31 heavy (non-hydrogen) atoms. The highest BCUT2D eigenvalue weighted by Crippen LogP contribution is 2.37. The molecule has 164 valence electrons. The number of nitrogens with zero attached hydrogens (tertiary/aromatic N) is 1. The highest BCUT2D eigenvalue weighted by molar-refractivity contribution is 6.36. The average molecular weight is 462 g/mol. The summed E-state index contributed by atoms with van der Waals surface area (Å²) >= 11 is 12.9. The topological polar surface area (TPSA) is 88.2 Å². The van der Waals surface area contributed by atoms with Crippen molar-refractivity contribution >= 4 is 40.9 Å². The van der Waals surface area contributed by atoms with Crippen molar-refractivity contribution in [2.75, 3.05) is 0 Å². The van der Waals surface area contributed by atoms with Gasteiger partial charge in [-0.1, -0.05) is 23.2 Å². The van der Waals surface area contributed by atoms with E-state index in [-0.39, 0.29) is 24.8 Å². The number of amides is 3. The molecule has 3 amide bonds. The van der Waals surface area contributed by atoms with Crippen LogP contribution in [0.15, 0.2) is 24.3 Å². The number of pyridine rings is 1. The summed E-state index contributed by atoms with van der Waals surface area (Å²) in [5.41, 5.74) is 3.08. The Kier molecular flexibility index (Phi) is 6.72. The standard InChI is InChI=1S/C23H25Cl2N3O3/c1-12-7-15(8-13(2)27-12)23(3,4)22(31)26-11-14-9-17(24)20(18(25)10-14)16-5-6-19(29)28-21(16)30/h7-10,16H,5-6,11H2,1-4H3,(H,26,31)(H,28,29,30). The summed E-state index contributed by atoms with van der Waals surface area (Å²) in [6.45, 7) is 7.77. The second-order valence-corrected chi connectivity index (χ2v) is 9.24. The van der Waals surface area contributed by atoms with Crippen LogP contribution in [0.1, 0.15) is 60.7 Å². The van der Waals surface area contributed by atoms with Crippen molar-refractivity contribution in [3.63, 3.8) is 0 Å². The summed E-state index contributed by atoms with van der Waals surface area (Å²) in [5.74, 6) is -1.40. The van der Waals surface area contributed by atoms with Gasteiger partial charge in [0.15, 0.2) is 0 Å². The molecule has 1 aliphatic heterocycles. The smallest absolute Gasteiger partial charge is 0.234 e. The summed E-state index contributed by atoms with van der Waals surface area (Å²) in [6, 6.07) is 7.21. The molecule has 2 aromatic rings. The van der Waals surface area contributed by atoms with E-state index in [2.05, 4.69) is 15.6 Å². The zero-order valence-corrected chi connectivity index (χ0v) is 19.4. The first-order valence-corrected chi connectivity index (χ1v) is 10.8. The van der Waals surface area contributed by atoms with E-state index in [1.807, 2.05) is 39.8 Å². The fraction of sp³-hybridized carbons (Fsp3) is 0.391. The van der Waals surface area contributed by atoms with Crippen LogP contribution >= 0.6 is 23.2 Å². The molecule has 0 bridgehead atoms. The lowest BCUT2D eigenvalue weighted by Crippen LogP contribution is -2.40. The van der Waals surface area contributed by atoms with Gasteiger partial charge in [-0.3, -0.25) is 24.7 Å². The minimum Gasteiger partial charge on any atom is -0.351 e. The SMILES string of the molecule is Cc1cc(C(C)(C)C(=O)NCc2cc(Cl)c(C3CCC(=O)NC3=O)c(Cl)c2)cc(C)n1. The molecule has 1 atom stereocenters. The number of rotatable bonds is 5. The van der Waals surface area contributed by atoms with Crippen LogP contribution in [-0.4, -0.2) is 22.7 Å². The fourth-order valence-corrected chi connectivity index (χ4v) is 4.57. The maximum Gasteiger partial charge on any atom is 0.234 e. The molecule has 1 aliphatic rings. The molecule has 1 fully saturated rings. The molecule has 1 unspecified atom stereocenters. The molecule has 0 saturated carbocycles. The molecular formula is C23H25Cl2N3O3. The third kappa shape index (κ3) is 5.08. The van der Waals surface area contributed by atoms with Gasteiger partial charge in [-0.2, -0.15) is 0 Å². The Labute approximate surface area is 191 Å². The summed E-state index contributed by atoms with van der Waals surface area (Å²) in [5, 5.41) is 5.94. The van der Waals surface area contributed by atoms with E-state index in [4.69, 9.17) is 23.2 Å². The first-order chi connectivity index (χ1) is 14.5. The number of benzene rings is 1. The van der Waals surface area contributed by atoms with Crippen LogP contribution in [0.25, 0.3) is 0 Å². The zero-order valence-electron chi connectivity index (χ0n) is 17.9. The lowest BCUT2D eigenvalue weighted by atomic mass is 9.83. The normalized spacial score (nSPS) is 16.8. The van der Waals surface area contributed by atoms with Crippen molar-refractivity contribution in [3.05, 3.63) is 62.4 Å². The number of aryl methyl sites for hydroxylation is 2. The molecule has 1 aromatic carbocycles. The number of hydrogen-bond acceptors (Lipinski definition) is 4. The third-order valence-electron chi connectivity index (χ3n) is 5.55. The minimum absolute atomic E-state index is 0.140. The predicted molar refractivity (Wildman–Crippen MR) is 120 cm³/mol. The number of carbonyl (C=O) groups excluding carboxylic acids is 3. The number of halogens is 2. The highest BCUT2D eigenvalue weighted by atomic mass is 35.5. The lowest BCUT2D eigenvalue weighted by molar-refractivity contribution is -0.134. The van der Waals surface area contributed by atoms with E-state index >= 15 is 0 Å². The van der Waals surface area contributed by atoms with E-state index in [1.54, 1.807) is 12.1 Å². The van der Waals surface area contributed by atoms with Crippen LogP contribution in [0.2, 0.25) is 10.0 Å². The molecule has 1 aromatic heterocycles. The van der Waals surface area contributed by atoms with Gasteiger partial charge in [-0.05, 0) is 69.5 Å². The molecule has 6 nitrogen and oxygen atoms in total. The van der Waals surface area contributed by atoms with E-state index < -0.39 is 17.2 Å². The Hall–Kier alpha value is -2.44. The predicted octanol–water partition coefficient (Wildman–Crippen LogP) is 4.12. The molecule has 2 heterocycles. The monoisotopic (exact) mass is 461 g/mol. The van der Waals surface area contributed by atoms with E-state index in [1.165, 1.54) is 0 Å². The molecule has 0 aliphatic carbocycles. The van der Waals surface area contributed by atoms with E-state index in [0.29, 0.717) is 22.0 Å². The number of piperidine rings is 1. The first-order valence-electron chi connectivity index (χ1n) is 10.0. The Balaban J connectivity index is 1.75. The van der Waals surface area contributed by atoms with Gasteiger partial charge < -0.3 is 5.32 Å². The zero-order chi connectivity index (χ0) is 22.9. The molecule has 3 rings (SSSR count). The summed E-state index contributed by atoms with van der Waals surface area (Å²) in [7, 11) is 0.